The van der Waals surface area contributed by atoms with E-state index in [-0.39, 0.29) is 11.5 Å². The van der Waals surface area contributed by atoms with Crippen molar-refractivity contribution in [1.82, 2.24) is 5.32 Å². The number of halogens is 1. The lowest BCUT2D eigenvalue weighted by molar-refractivity contribution is -0.116. The summed E-state index contributed by atoms with van der Waals surface area (Å²) in [6, 6.07) is 4.58. The number of nitriles is 1. The van der Waals surface area contributed by atoms with E-state index in [0.29, 0.717) is 23.6 Å². The highest BCUT2D eigenvalue weighted by Crippen LogP contribution is 2.21. The second-order valence-corrected chi connectivity index (χ2v) is 5.54. The first-order valence-electron chi connectivity index (χ1n) is 7.31. The lowest BCUT2D eigenvalue weighted by Crippen LogP contribution is -2.30. The van der Waals surface area contributed by atoms with E-state index < -0.39 is 5.82 Å². The topological polar surface area (TPSA) is 64.9 Å². The molecule has 1 aromatic rings. The number of hydrogen-bond donors (Lipinski definition) is 2. The second-order valence-electron chi connectivity index (χ2n) is 5.54. The number of piperidine rings is 1. The standard InChI is InChI=1S/C16H20FN3O/c1-11-14(17)7-13(9-18)8-15(11)20-16(21)5-4-12-3-2-6-19-10-12/h7-8,12,19H,2-6,10H2,1H3,(H,20,21). The highest BCUT2D eigenvalue weighted by Gasteiger charge is 2.15. The predicted octanol–water partition coefficient (Wildman–Crippen LogP) is 2.72. The normalized spacial score (nSPS) is 18.0. The van der Waals surface area contributed by atoms with E-state index in [1.165, 1.54) is 12.1 Å². The van der Waals surface area contributed by atoms with Crippen molar-refractivity contribution >= 4 is 11.6 Å². The van der Waals surface area contributed by atoms with Crippen molar-refractivity contribution in [3.63, 3.8) is 0 Å². The van der Waals surface area contributed by atoms with Gasteiger partial charge >= 0.3 is 0 Å². The van der Waals surface area contributed by atoms with E-state index in [0.717, 1.165) is 32.4 Å². The van der Waals surface area contributed by atoms with E-state index in [1.807, 2.05) is 6.07 Å². The number of hydrogen-bond acceptors (Lipinski definition) is 3. The van der Waals surface area contributed by atoms with Gasteiger partial charge in [-0.2, -0.15) is 5.26 Å². The summed E-state index contributed by atoms with van der Waals surface area (Å²) in [7, 11) is 0. The molecule has 1 saturated heterocycles. The molecular weight excluding hydrogens is 269 g/mol. The van der Waals surface area contributed by atoms with Gasteiger partial charge in [-0.3, -0.25) is 4.79 Å². The summed E-state index contributed by atoms with van der Waals surface area (Å²) >= 11 is 0. The molecule has 4 nitrogen and oxygen atoms in total. The van der Waals surface area contributed by atoms with Crippen molar-refractivity contribution in [2.24, 2.45) is 5.92 Å². The molecular formula is C16H20FN3O. The third-order valence-corrected chi connectivity index (χ3v) is 3.93. The predicted molar refractivity (Wildman–Crippen MR) is 79.3 cm³/mol. The van der Waals surface area contributed by atoms with E-state index >= 15 is 0 Å². The summed E-state index contributed by atoms with van der Waals surface area (Å²) in [5.41, 5.74) is 0.963. The van der Waals surface area contributed by atoms with Crippen LogP contribution in [0.5, 0.6) is 0 Å². The quantitative estimate of drug-likeness (QED) is 0.895. The average molecular weight is 289 g/mol. The van der Waals surface area contributed by atoms with Crippen LogP contribution in [0.25, 0.3) is 0 Å². The van der Waals surface area contributed by atoms with Crippen LogP contribution < -0.4 is 10.6 Å². The van der Waals surface area contributed by atoms with E-state index in [9.17, 15) is 9.18 Å². The summed E-state index contributed by atoms with van der Waals surface area (Å²) < 4.78 is 13.6. The van der Waals surface area contributed by atoms with Gasteiger partial charge in [-0.15, -0.1) is 0 Å². The molecule has 1 aliphatic rings. The summed E-state index contributed by atoms with van der Waals surface area (Å²) in [4.78, 5) is 12.0. The average Bonchev–Trinajstić information content (AvgIpc) is 2.50. The molecule has 21 heavy (non-hydrogen) atoms. The van der Waals surface area contributed by atoms with Crippen molar-refractivity contribution < 1.29 is 9.18 Å². The van der Waals surface area contributed by atoms with Gasteiger partial charge in [0, 0.05) is 17.7 Å². The van der Waals surface area contributed by atoms with Gasteiger partial charge in [0.2, 0.25) is 5.91 Å². The van der Waals surface area contributed by atoms with Crippen molar-refractivity contribution in [3.8, 4) is 6.07 Å². The lowest BCUT2D eigenvalue weighted by Gasteiger charge is -2.22. The van der Waals surface area contributed by atoms with Crippen LogP contribution in [-0.2, 0) is 4.79 Å². The molecule has 2 rings (SSSR count). The van der Waals surface area contributed by atoms with Gasteiger partial charge in [-0.25, -0.2) is 4.39 Å². The number of carbonyl (C=O) groups excluding carboxylic acids is 1. The van der Waals surface area contributed by atoms with E-state index in [4.69, 9.17) is 5.26 Å². The fraction of sp³-hybridized carbons (Fsp3) is 0.500. The maximum absolute atomic E-state index is 13.6. The van der Waals surface area contributed by atoms with Crippen molar-refractivity contribution in [3.05, 3.63) is 29.1 Å². The Morgan fingerprint density at radius 2 is 2.38 bits per heavy atom. The third-order valence-electron chi connectivity index (χ3n) is 3.93. The number of amides is 1. The fourth-order valence-electron chi connectivity index (χ4n) is 2.59. The van der Waals surface area contributed by atoms with Crippen LogP contribution >= 0.6 is 0 Å². The molecule has 2 N–H and O–H groups in total. The summed E-state index contributed by atoms with van der Waals surface area (Å²) in [6.45, 7) is 3.62. The number of carbonyl (C=O) groups is 1. The zero-order chi connectivity index (χ0) is 15.2. The molecule has 1 atom stereocenters. The molecule has 5 heteroatoms. The van der Waals surface area contributed by atoms with Gasteiger partial charge < -0.3 is 10.6 Å². The fourth-order valence-corrected chi connectivity index (χ4v) is 2.59. The smallest absolute Gasteiger partial charge is 0.224 e. The van der Waals surface area contributed by atoms with Gasteiger partial charge in [-0.1, -0.05) is 0 Å². The third kappa shape index (κ3) is 4.27. The number of rotatable bonds is 4. The maximum Gasteiger partial charge on any atom is 0.224 e. The molecule has 1 fully saturated rings. The Balaban J connectivity index is 1.93. The minimum absolute atomic E-state index is 0.127. The van der Waals surface area contributed by atoms with E-state index in [2.05, 4.69) is 10.6 Å². The van der Waals surface area contributed by atoms with Crippen LogP contribution in [0.3, 0.4) is 0 Å². The number of nitrogens with one attached hydrogen (secondary N) is 2. The minimum atomic E-state index is -0.471. The Hall–Kier alpha value is -1.93. The largest absolute Gasteiger partial charge is 0.326 e. The number of benzene rings is 1. The van der Waals surface area contributed by atoms with Crippen LogP contribution in [0, 0.1) is 30.0 Å². The van der Waals surface area contributed by atoms with Crippen LogP contribution in [-0.4, -0.2) is 19.0 Å². The zero-order valence-corrected chi connectivity index (χ0v) is 12.2. The summed E-state index contributed by atoms with van der Waals surface area (Å²) in [6.07, 6.45) is 3.56. The highest BCUT2D eigenvalue weighted by molar-refractivity contribution is 5.91. The van der Waals surface area contributed by atoms with Gasteiger partial charge in [-0.05, 0) is 57.3 Å². The van der Waals surface area contributed by atoms with Gasteiger partial charge in [0.25, 0.3) is 0 Å². The summed E-state index contributed by atoms with van der Waals surface area (Å²) in [5, 5.41) is 14.9. The van der Waals surface area contributed by atoms with Crippen LogP contribution in [0.4, 0.5) is 10.1 Å². The Kier molecular flexibility index (Phi) is 5.29. The van der Waals surface area contributed by atoms with E-state index in [1.54, 1.807) is 6.92 Å². The Labute approximate surface area is 124 Å². The van der Waals surface area contributed by atoms with Gasteiger partial charge in [0.15, 0.2) is 0 Å². The second kappa shape index (κ2) is 7.19. The summed E-state index contributed by atoms with van der Waals surface area (Å²) in [5.74, 6) is -0.0632. The van der Waals surface area contributed by atoms with Crippen LogP contribution in [0.15, 0.2) is 12.1 Å². The first-order chi connectivity index (χ1) is 10.1. The molecule has 0 aromatic heterocycles. The maximum atomic E-state index is 13.6. The molecule has 0 bridgehead atoms. The highest BCUT2D eigenvalue weighted by atomic mass is 19.1. The Morgan fingerprint density at radius 1 is 1.57 bits per heavy atom. The molecule has 1 heterocycles. The first-order valence-corrected chi connectivity index (χ1v) is 7.31. The van der Waals surface area contributed by atoms with Crippen molar-refractivity contribution in [2.45, 2.75) is 32.6 Å². The molecule has 0 aliphatic carbocycles. The van der Waals surface area contributed by atoms with Gasteiger partial charge in [0.1, 0.15) is 5.82 Å². The molecule has 1 unspecified atom stereocenters. The molecule has 0 saturated carbocycles. The number of nitrogens with zero attached hydrogens (tertiary/aromatic N) is 1. The molecule has 1 amide bonds. The SMILES string of the molecule is Cc1c(F)cc(C#N)cc1NC(=O)CCC1CCCNC1. The van der Waals surface area contributed by atoms with Crippen LogP contribution in [0.2, 0.25) is 0 Å². The van der Waals surface area contributed by atoms with Crippen molar-refractivity contribution in [2.75, 3.05) is 18.4 Å². The monoisotopic (exact) mass is 289 g/mol. The first kappa shape index (κ1) is 15.5. The number of anilines is 1. The molecule has 1 aromatic carbocycles. The molecule has 112 valence electrons. The lowest BCUT2D eigenvalue weighted by atomic mass is 9.94. The minimum Gasteiger partial charge on any atom is -0.326 e. The molecule has 0 spiro atoms. The molecule has 1 aliphatic heterocycles. The Bertz CT molecular complexity index is 559. The van der Waals surface area contributed by atoms with Crippen LogP contribution in [0.1, 0.15) is 36.8 Å². The molecule has 0 radical (unpaired) electrons. The van der Waals surface area contributed by atoms with Gasteiger partial charge in [0.05, 0.1) is 11.6 Å². The zero-order valence-electron chi connectivity index (χ0n) is 12.2. The van der Waals surface area contributed by atoms with Crippen molar-refractivity contribution in [1.29, 1.82) is 5.26 Å². The Morgan fingerprint density at radius 3 is 3.05 bits per heavy atom.